The fourth-order valence-electron chi connectivity index (χ4n) is 1.54. The summed E-state index contributed by atoms with van der Waals surface area (Å²) in [6.07, 6.45) is 1.74. The number of nitrogens with one attached hydrogen (secondary N) is 1. The minimum absolute atomic E-state index is 0.121. The highest BCUT2D eigenvalue weighted by molar-refractivity contribution is 5.79. The van der Waals surface area contributed by atoms with Crippen LogP contribution in [0.1, 0.15) is 40.0 Å². The fraction of sp³-hybridized carbons (Fsp3) is 0.909. The molecule has 0 aromatic carbocycles. The third-order valence-electron chi connectivity index (χ3n) is 3.17. The van der Waals surface area contributed by atoms with Crippen molar-refractivity contribution in [2.75, 3.05) is 13.7 Å². The van der Waals surface area contributed by atoms with Gasteiger partial charge in [-0.05, 0) is 12.8 Å². The Hall–Kier alpha value is -0.770. The number of Topliss-reactive ketones (excluding diaryl/α,β-unsaturated/α-hetero) is 1. The lowest BCUT2D eigenvalue weighted by molar-refractivity contribution is -0.127. The number of carbonyl (C=O) groups excluding carboxylic acids is 1. The maximum Gasteiger partial charge on any atom is 0.137 e. The molecule has 0 radical (unpaired) electrons. The number of ether oxygens (including phenoxy) is 1. The van der Waals surface area contributed by atoms with Crippen molar-refractivity contribution in [2.45, 2.75) is 45.6 Å². The highest BCUT2D eigenvalue weighted by Gasteiger charge is 2.32. The zero-order chi connectivity index (χ0) is 11.9. The standard InChI is InChI=1S/C11H22N2O2/c1-5-9(2)11(3,15-4)8-10(14)6-7-13-12/h9,12H,5-8H2,1-4H3. The molecule has 0 saturated carbocycles. The lowest BCUT2D eigenvalue weighted by atomic mass is 9.83. The van der Waals surface area contributed by atoms with E-state index in [9.17, 15) is 4.79 Å². The van der Waals surface area contributed by atoms with E-state index in [4.69, 9.17) is 10.3 Å². The quantitative estimate of drug-likeness (QED) is 0.631. The summed E-state index contributed by atoms with van der Waals surface area (Å²) in [4.78, 5) is 11.6. The van der Waals surface area contributed by atoms with Crippen molar-refractivity contribution in [1.82, 2.24) is 0 Å². The van der Waals surface area contributed by atoms with Crippen LogP contribution in [0.25, 0.3) is 0 Å². The summed E-state index contributed by atoms with van der Waals surface area (Å²) in [6, 6.07) is 0. The minimum Gasteiger partial charge on any atom is -0.378 e. The van der Waals surface area contributed by atoms with Gasteiger partial charge in [0.2, 0.25) is 0 Å². The van der Waals surface area contributed by atoms with Gasteiger partial charge in [-0.3, -0.25) is 4.79 Å². The molecule has 0 heterocycles. The Morgan fingerprint density at radius 2 is 2.20 bits per heavy atom. The Morgan fingerprint density at radius 1 is 1.60 bits per heavy atom. The lowest BCUT2D eigenvalue weighted by Gasteiger charge is -2.33. The molecule has 0 aliphatic carbocycles. The summed E-state index contributed by atoms with van der Waals surface area (Å²) in [6.45, 7) is 6.44. The predicted molar refractivity (Wildman–Crippen MR) is 59.1 cm³/mol. The van der Waals surface area contributed by atoms with E-state index in [-0.39, 0.29) is 11.4 Å². The van der Waals surface area contributed by atoms with Gasteiger partial charge in [-0.15, -0.1) is 0 Å². The molecule has 0 aliphatic rings. The molecule has 0 spiro atoms. The molecule has 4 nitrogen and oxygen atoms in total. The highest BCUT2D eigenvalue weighted by Crippen LogP contribution is 2.28. The molecule has 0 fully saturated rings. The van der Waals surface area contributed by atoms with Crippen molar-refractivity contribution in [1.29, 1.82) is 5.53 Å². The van der Waals surface area contributed by atoms with Gasteiger partial charge in [-0.2, -0.15) is 5.11 Å². The molecule has 4 heteroatoms. The number of carbonyl (C=O) groups is 1. The van der Waals surface area contributed by atoms with Gasteiger partial charge in [0.25, 0.3) is 0 Å². The summed E-state index contributed by atoms with van der Waals surface area (Å²) in [5, 5.41) is 3.18. The van der Waals surface area contributed by atoms with Crippen LogP contribution in [0.4, 0.5) is 0 Å². The van der Waals surface area contributed by atoms with Crippen LogP contribution in [0.5, 0.6) is 0 Å². The Labute approximate surface area is 91.9 Å². The van der Waals surface area contributed by atoms with Crippen LogP contribution in [0.2, 0.25) is 0 Å². The number of nitrogens with zero attached hydrogens (tertiary/aromatic N) is 1. The van der Waals surface area contributed by atoms with E-state index in [0.29, 0.717) is 25.3 Å². The van der Waals surface area contributed by atoms with Crippen molar-refractivity contribution in [3.8, 4) is 0 Å². The molecule has 15 heavy (non-hydrogen) atoms. The first-order chi connectivity index (χ1) is 7.00. The first-order valence-electron chi connectivity index (χ1n) is 5.40. The minimum atomic E-state index is -0.381. The first kappa shape index (κ1) is 14.2. The van der Waals surface area contributed by atoms with Crippen molar-refractivity contribution < 1.29 is 9.53 Å². The first-order valence-corrected chi connectivity index (χ1v) is 5.40. The van der Waals surface area contributed by atoms with E-state index >= 15 is 0 Å². The van der Waals surface area contributed by atoms with E-state index < -0.39 is 0 Å². The monoisotopic (exact) mass is 214 g/mol. The fourth-order valence-corrected chi connectivity index (χ4v) is 1.54. The van der Waals surface area contributed by atoms with Crippen molar-refractivity contribution in [2.24, 2.45) is 11.0 Å². The molecule has 2 unspecified atom stereocenters. The molecule has 2 atom stereocenters. The number of hydrogen-bond donors (Lipinski definition) is 1. The van der Waals surface area contributed by atoms with Crippen LogP contribution in [0.15, 0.2) is 5.11 Å². The Morgan fingerprint density at radius 3 is 2.60 bits per heavy atom. The van der Waals surface area contributed by atoms with E-state index in [1.54, 1.807) is 7.11 Å². The van der Waals surface area contributed by atoms with Gasteiger partial charge in [0, 0.05) is 20.0 Å². The number of hydrogen-bond acceptors (Lipinski definition) is 4. The van der Waals surface area contributed by atoms with Gasteiger partial charge >= 0.3 is 0 Å². The molecule has 88 valence electrons. The molecule has 0 aromatic heterocycles. The Bertz CT molecular complexity index is 219. The van der Waals surface area contributed by atoms with Gasteiger partial charge in [0.1, 0.15) is 5.78 Å². The molecule has 0 saturated heterocycles. The van der Waals surface area contributed by atoms with Crippen LogP contribution < -0.4 is 0 Å². The maximum absolute atomic E-state index is 11.6. The van der Waals surface area contributed by atoms with E-state index in [2.05, 4.69) is 19.0 Å². The highest BCUT2D eigenvalue weighted by atomic mass is 16.5. The molecule has 0 aromatic rings. The van der Waals surface area contributed by atoms with Crippen LogP contribution in [0.3, 0.4) is 0 Å². The Balaban J connectivity index is 4.29. The molecule has 1 N–H and O–H groups in total. The normalized spacial score (nSPS) is 16.8. The van der Waals surface area contributed by atoms with Crippen LogP contribution >= 0.6 is 0 Å². The second-order valence-electron chi connectivity index (χ2n) is 4.17. The summed E-state index contributed by atoms with van der Waals surface area (Å²) in [7, 11) is 1.65. The number of methoxy groups -OCH3 is 1. The predicted octanol–water partition coefficient (Wildman–Crippen LogP) is 2.82. The topological polar surface area (TPSA) is 62.5 Å². The summed E-state index contributed by atoms with van der Waals surface area (Å²) < 4.78 is 5.44. The van der Waals surface area contributed by atoms with E-state index in [1.807, 2.05) is 6.92 Å². The average molecular weight is 214 g/mol. The molecular weight excluding hydrogens is 192 g/mol. The largest absolute Gasteiger partial charge is 0.378 e. The van der Waals surface area contributed by atoms with Crippen molar-refractivity contribution in [3.05, 3.63) is 0 Å². The SMILES string of the molecule is CCC(C)C(C)(CC(=O)CCN=N)OC. The van der Waals surface area contributed by atoms with E-state index in [0.717, 1.165) is 6.42 Å². The Kier molecular flexibility index (Phi) is 6.32. The molecule has 0 rings (SSSR count). The van der Waals surface area contributed by atoms with Gasteiger partial charge in [-0.1, -0.05) is 20.3 Å². The summed E-state index contributed by atoms with van der Waals surface area (Å²) in [5.74, 6) is 0.468. The van der Waals surface area contributed by atoms with Crippen molar-refractivity contribution >= 4 is 5.78 Å². The molecule has 0 bridgehead atoms. The van der Waals surface area contributed by atoms with Crippen LogP contribution in [-0.4, -0.2) is 25.0 Å². The number of rotatable bonds is 8. The smallest absolute Gasteiger partial charge is 0.137 e. The maximum atomic E-state index is 11.6. The second kappa shape index (κ2) is 6.67. The van der Waals surface area contributed by atoms with Gasteiger partial charge < -0.3 is 4.74 Å². The zero-order valence-corrected chi connectivity index (χ0v) is 10.2. The second-order valence-corrected chi connectivity index (χ2v) is 4.17. The van der Waals surface area contributed by atoms with Gasteiger partial charge in [0.05, 0.1) is 12.1 Å². The summed E-state index contributed by atoms with van der Waals surface area (Å²) in [5.41, 5.74) is 6.25. The molecular formula is C11H22N2O2. The van der Waals surface area contributed by atoms with Gasteiger partial charge in [0.15, 0.2) is 0 Å². The van der Waals surface area contributed by atoms with E-state index in [1.165, 1.54) is 0 Å². The van der Waals surface area contributed by atoms with Crippen LogP contribution in [-0.2, 0) is 9.53 Å². The molecule has 0 aliphatic heterocycles. The third kappa shape index (κ3) is 4.51. The summed E-state index contributed by atoms with van der Waals surface area (Å²) >= 11 is 0. The average Bonchev–Trinajstić information content (AvgIpc) is 2.24. The lowest BCUT2D eigenvalue weighted by Crippen LogP contribution is -2.37. The van der Waals surface area contributed by atoms with Crippen LogP contribution in [0, 0.1) is 11.4 Å². The molecule has 0 amide bonds. The van der Waals surface area contributed by atoms with Gasteiger partial charge in [-0.25, -0.2) is 5.53 Å². The van der Waals surface area contributed by atoms with Crippen molar-refractivity contribution in [3.63, 3.8) is 0 Å². The third-order valence-corrected chi connectivity index (χ3v) is 3.17. The zero-order valence-electron chi connectivity index (χ0n) is 10.2. The number of ketones is 1.